The Morgan fingerprint density at radius 1 is 1.50 bits per heavy atom. The van der Waals surface area contributed by atoms with Gasteiger partial charge in [-0.1, -0.05) is 11.3 Å². The van der Waals surface area contributed by atoms with E-state index in [9.17, 15) is 0 Å². The molecule has 0 amide bonds. The minimum absolute atomic E-state index is 0.776. The zero-order chi connectivity index (χ0) is 8.55. The Morgan fingerprint density at radius 2 is 2.33 bits per heavy atom. The average Bonchev–Trinajstić information content (AvgIpc) is 2.58. The molecule has 5 nitrogen and oxygen atoms in total. The van der Waals surface area contributed by atoms with Crippen molar-refractivity contribution in [1.82, 2.24) is 25.2 Å². The summed E-state index contributed by atoms with van der Waals surface area (Å²) in [6.45, 7) is 0. The Balaban J connectivity index is 2.43. The molecule has 12 heavy (non-hydrogen) atoms. The summed E-state index contributed by atoms with van der Waals surface area (Å²) in [5.41, 5.74) is 0.776. The van der Waals surface area contributed by atoms with Crippen LogP contribution < -0.4 is 0 Å². The molecule has 0 aromatic carbocycles. The summed E-state index contributed by atoms with van der Waals surface area (Å²) < 4.78 is 0.910. The highest BCUT2D eigenvalue weighted by Crippen LogP contribution is 2.21. The molecule has 2 aromatic heterocycles. The Labute approximate surface area is 86.0 Å². The van der Waals surface area contributed by atoms with Crippen molar-refractivity contribution in [2.75, 3.05) is 0 Å². The summed E-state index contributed by atoms with van der Waals surface area (Å²) in [7, 11) is 1.77. The summed E-state index contributed by atoms with van der Waals surface area (Å²) in [4.78, 5) is 1.50. The van der Waals surface area contributed by atoms with E-state index >= 15 is 0 Å². The van der Waals surface area contributed by atoms with Gasteiger partial charge >= 0.3 is 0 Å². The van der Waals surface area contributed by atoms with Crippen molar-refractivity contribution in [2.45, 2.75) is 0 Å². The first-order chi connectivity index (χ1) is 5.75. The topological polar surface area (TPSA) is 56.5 Å². The van der Waals surface area contributed by atoms with Crippen molar-refractivity contribution >= 4 is 33.9 Å². The molecule has 2 rings (SSSR count). The van der Waals surface area contributed by atoms with Crippen LogP contribution in [0, 0.1) is 3.01 Å². The Bertz CT molecular complexity index is 356. The predicted octanol–water partition coefficient (Wildman–Crippen LogP) is 0.938. The van der Waals surface area contributed by atoms with Gasteiger partial charge in [-0.05, 0) is 22.6 Å². The fraction of sp³-hybridized carbons (Fsp3) is 0.200. The lowest BCUT2D eigenvalue weighted by molar-refractivity contribution is 0.655. The molecule has 2 heterocycles. The lowest BCUT2D eigenvalue weighted by atomic mass is 10.5. The van der Waals surface area contributed by atoms with Gasteiger partial charge in [-0.3, -0.25) is 0 Å². The number of aryl methyl sites for hydroxylation is 1. The van der Waals surface area contributed by atoms with E-state index in [4.69, 9.17) is 0 Å². The first kappa shape index (κ1) is 8.05. The molecule has 0 N–H and O–H groups in total. The molecule has 0 spiro atoms. The smallest absolute Gasteiger partial charge is 0.178 e. The van der Waals surface area contributed by atoms with Gasteiger partial charge < -0.3 is 0 Å². The minimum atomic E-state index is 0.776. The van der Waals surface area contributed by atoms with E-state index < -0.39 is 0 Å². The van der Waals surface area contributed by atoms with Crippen molar-refractivity contribution in [1.29, 1.82) is 0 Å². The SMILES string of the molecule is Cn1ncc(-c2nnc(I)s2)n1. The van der Waals surface area contributed by atoms with Gasteiger partial charge in [0.2, 0.25) is 0 Å². The monoisotopic (exact) mass is 293 g/mol. The number of aromatic nitrogens is 5. The molecule has 0 aliphatic carbocycles. The lowest BCUT2D eigenvalue weighted by Crippen LogP contribution is -1.91. The zero-order valence-corrected chi connectivity index (χ0v) is 9.07. The maximum absolute atomic E-state index is 4.10. The first-order valence-electron chi connectivity index (χ1n) is 3.11. The molecule has 0 bridgehead atoms. The third-order valence-corrected chi connectivity index (χ3v) is 2.83. The third-order valence-electron chi connectivity index (χ3n) is 1.22. The summed E-state index contributed by atoms with van der Waals surface area (Å²) >= 11 is 3.63. The zero-order valence-electron chi connectivity index (χ0n) is 6.10. The highest BCUT2D eigenvalue weighted by molar-refractivity contribution is 14.1. The second-order valence-electron chi connectivity index (χ2n) is 2.08. The maximum Gasteiger partial charge on any atom is 0.178 e. The second kappa shape index (κ2) is 3.05. The van der Waals surface area contributed by atoms with Crippen molar-refractivity contribution in [3.8, 4) is 10.7 Å². The number of hydrogen-bond donors (Lipinski definition) is 0. The normalized spacial score (nSPS) is 10.5. The number of nitrogens with zero attached hydrogens (tertiary/aromatic N) is 5. The summed E-state index contributed by atoms with van der Waals surface area (Å²) in [5.74, 6) is 0. The van der Waals surface area contributed by atoms with Crippen LogP contribution in [0.2, 0.25) is 0 Å². The highest BCUT2D eigenvalue weighted by Gasteiger charge is 2.07. The van der Waals surface area contributed by atoms with Crippen molar-refractivity contribution in [3.05, 3.63) is 9.21 Å². The molecule has 0 fully saturated rings. The number of rotatable bonds is 1. The Hall–Kier alpha value is -0.570. The molecule has 0 radical (unpaired) electrons. The molecule has 0 aliphatic rings. The molecule has 0 saturated heterocycles. The van der Waals surface area contributed by atoms with E-state index in [0.29, 0.717) is 0 Å². The highest BCUT2D eigenvalue weighted by atomic mass is 127. The van der Waals surface area contributed by atoms with E-state index in [1.54, 1.807) is 13.2 Å². The van der Waals surface area contributed by atoms with Crippen LogP contribution in [0.15, 0.2) is 6.20 Å². The van der Waals surface area contributed by atoms with Crippen LogP contribution in [0.3, 0.4) is 0 Å². The van der Waals surface area contributed by atoms with Gasteiger partial charge in [0.15, 0.2) is 8.02 Å². The van der Waals surface area contributed by atoms with Crippen LogP contribution in [0.1, 0.15) is 0 Å². The van der Waals surface area contributed by atoms with Gasteiger partial charge in [-0.2, -0.15) is 15.0 Å². The van der Waals surface area contributed by atoms with E-state index in [2.05, 4.69) is 43.0 Å². The summed E-state index contributed by atoms with van der Waals surface area (Å²) in [6, 6.07) is 0. The summed E-state index contributed by atoms with van der Waals surface area (Å²) in [6.07, 6.45) is 1.68. The van der Waals surface area contributed by atoms with Gasteiger partial charge in [0, 0.05) is 7.05 Å². The standard InChI is InChI=1S/C5H4IN5S/c1-11-7-2-3(10-11)4-8-9-5(6)12-4/h2H,1H3. The van der Waals surface area contributed by atoms with Crippen molar-refractivity contribution in [2.24, 2.45) is 7.05 Å². The fourth-order valence-electron chi connectivity index (χ4n) is 0.753. The van der Waals surface area contributed by atoms with Crippen molar-refractivity contribution < 1.29 is 0 Å². The molecule has 0 aliphatic heterocycles. The number of halogens is 1. The third kappa shape index (κ3) is 1.46. The summed E-state index contributed by atoms with van der Waals surface area (Å²) in [5, 5.41) is 16.7. The van der Waals surface area contributed by atoms with Crippen molar-refractivity contribution in [3.63, 3.8) is 0 Å². The quantitative estimate of drug-likeness (QED) is 0.734. The average molecular weight is 293 g/mol. The van der Waals surface area contributed by atoms with Gasteiger partial charge in [0.1, 0.15) is 5.69 Å². The minimum Gasteiger partial charge on any atom is -0.187 e. The van der Waals surface area contributed by atoms with Crippen LogP contribution >= 0.6 is 33.9 Å². The fourth-order valence-corrected chi connectivity index (χ4v) is 2.01. The first-order valence-corrected chi connectivity index (χ1v) is 5.01. The van der Waals surface area contributed by atoms with E-state index in [1.807, 2.05) is 0 Å². The molecule has 0 saturated carbocycles. The van der Waals surface area contributed by atoms with Crippen LogP contribution in [0.4, 0.5) is 0 Å². The van der Waals surface area contributed by atoms with E-state index in [0.717, 1.165) is 13.7 Å². The van der Waals surface area contributed by atoms with Crippen LogP contribution in [0.25, 0.3) is 10.7 Å². The largest absolute Gasteiger partial charge is 0.187 e. The second-order valence-corrected chi connectivity index (χ2v) is 4.81. The predicted molar refractivity (Wildman–Crippen MR) is 52.6 cm³/mol. The molecular weight excluding hydrogens is 289 g/mol. The van der Waals surface area contributed by atoms with Crippen LogP contribution in [-0.2, 0) is 7.05 Å². The molecule has 62 valence electrons. The van der Waals surface area contributed by atoms with Gasteiger partial charge in [-0.15, -0.1) is 10.2 Å². The number of hydrogen-bond acceptors (Lipinski definition) is 5. The van der Waals surface area contributed by atoms with Gasteiger partial charge in [0.25, 0.3) is 0 Å². The molecule has 0 unspecified atom stereocenters. The maximum atomic E-state index is 4.10. The van der Waals surface area contributed by atoms with E-state index in [-0.39, 0.29) is 0 Å². The van der Waals surface area contributed by atoms with Crippen LogP contribution in [-0.4, -0.2) is 25.2 Å². The van der Waals surface area contributed by atoms with Gasteiger partial charge in [-0.25, -0.2) is 0 Å². The molecular formula is C5H4IN5S. The van der Waals surface area contributed by atoms with E-state index in [1.165, 1.54) is 16.1 Å². The Kier molecular flexibility index (Phi) is 2.05. The van der Waals surface area contributed by atoms with Crippen LogP contribution in [0.5, 0.6) is 0 Å². The molecule has 2 aromatic rings. The molecule has 0 atom stereocenters. The lowest BCUT2D eigenvalue weighted by Gasteiger charge is -1.82. The van der Waals surface area contributed by atoms with Gasteiger partial charge in [0.05, 0.1) is 6.20 Å². The Morgan fingerprint density at radius 3 is 2.83 bits per heavy atom. The molecule has 7 heteroatoms.